The van der Waals surface area contributed by atoms with Gasteiger partial charge in [-0.3, -0.25) is 4.79 Å². The highest BCUT2D eigenvalue weighted by molar-refractivity contribution is 5.79. The van der Waals surface area contributed by atoms with Gasteiger partial charge >= 0.3 is 0 Å². The summed E-state index contributed by atoms with van der Waals surface area (Å²) in [6.45, 7) is 2.68. The molecule has 0 spiro atoms. The van der Waals surface area contributed by atoms with Crippen LogP contribution in [-0.2, 0) is 11.3 Å². The van der Waals surface area contributed by atoms with Crippen LogP contribution in [0.4, 0.5) is 4.39 Å². The molecule has 0 N–H and O–H groups in total. The minimum absolute atomic E-state index is 0.0334. The van der Waals surface area contributed by atoms with E-state index in [1.54, 1.807) is 23.1 Å². The van der Waals surface area contributed by atoms with Crippen LogP contribution in [-0.4, -0.2) is 27.5 Å². The normalized spacial score (nSPS) is 17.1. The van der Waals surface area contributed by atoms with Crippen molar-refractivity contribution in [3.63, 3.8) is 0 Å². The molecule has 0 aliphatic carbocycles. The Hall–Kier alpha value is -3.02. The predicted molar refractivity (Wildman–Crippen MR) is 93.6 cm³/mol. The van der Waals surface area contributed by atoms with E-state index in [9.17, 15) is 9.18 Å². The lowest BCUT2D eigenvalue weighted by Gasteiger charge is -2.16. The van der Waals surface area contributed by atoms with Gasteiger partial charge in [0.1, 0.15) is 5.82 Å². The zero-order valence-corrected chi connectivity index (χ0v) is 14.4. The second kappa shape index (κ2) is 6.71. The third kappa shape index (κ3) is 3.10. The monoisotopic (exact) mass is 351 g/mol. The molecule has 6 heteroatoms. The summed E-state index contributed by atoms with van der Waals surface area (Å²) in [5.41, 5.74) is 2.48. The molecule has 132 valence electrons. The quantitative estimate of drug-likeness (QED) is 0.719. The third-order valence-corrected chi connectivity index (χ3v) is 4.71. The van der Waals surface area contributed by atoms with Crippen molar-refractivity contribution in [2.45, 2.75) is 25.8 Å². The van der Waals surface area contributed by atoms with Crippen LogP contribution in [0.3, 0.4) is 0 Å². The van der Waals surface area contributed by atoms with Crippen LogP contribution in [0.15, 0.2) is 53.1 Å². The highest BCUT2D eigenvalue weighted by Gasteiger charge is 2.34. The van der Waals surface area contributed by atoms with Crippen LogP contribution in [0.25, 0.3) is 11.4 Å². The number of halogens is 1. The number of hydrogen-bond donors (Lipinski definition) is 0. The van der Waals surface area contributed by atoms with Gasteiger partial charge in [-0.1, -0.05) is 47.6 Å². The van der Waals surface area contributed by atoms with Gasteiger partial charge in [0.05, 0.1) is 5.92 Å². The van der Waals surface area contributed by atoms with Crippen molar-refractivity contribution in [2.24, 2.45) is 0 Å². The zero-order chi connectivity index (χ0) is 18.1. The summed E-state index contributed by atoms with van der Waals surface area (Å²) in [7, 11) is 0. The molecule has 1 unspecified atom stereocenters. The first-order valence-electron chi connectivity index (χ1n) is 8.52. The van der Waals surface area contributed by atoms with Gasteiger partial charge in [-0.05, 0) is 18.6 Å². The summed E-state index contributed by atoms with van der Waals surface area (Å²) in [5, 5.41) is 4.06. The third-order valence-electron chi connectivity index (χ3n) is 4.71. The molecule has 0 bridgehead atoms. The molecule has 0 saturated carbocycles. The molecule has 26 heavy (non-hydrogen) atoms. The first-order valence-corrected chi connectivity index (χ1v) is 8.52. The Bertz CT molecular complexity index is 953. The van der Waals surface area contributed by atoms with E-state index >= 15 is 0 Å². The summed E-state index contributed by atoms with van der Waals surface area (Å²) < 4.78 is 19.3. The molecule has 1 atom stereocenters. The number of hydrogen-bond acceptors (Lipinski definition) is 4. The van der Waals surface area contributed by atoms with Gasteiger partial charge in [0.2, 0.25) is 17.6 Å². The lowest BCUT2D eigenvalue weighted by Crippen LogP contribution is -2.24. The molecule has 0 radical (unpaired) electrons. The van der Waals surface area contributed by atoms with Crippen molar-refractivity contribution >= 4 is 5.91 Å². The maximum absolute atomic E-state index is 13.8. The Morgan fingerprint density at radius 2 is 1.96 bits per heavy atom. The number of nitrogens with zero attached hydrogens (tertiary/aromatic N) is 3. The summed E-state index contributed by atoms with van der Waals surface area (Å²) in [5.74, 6) is 0.475. The molecule has 4 rings (SSSR count). The predicted octanol–water partition coefficient (Wildman–Crippen LogP) is 3.70. The molecule has 1 aliphatic rings. The lowest BCUT2D eigenvalue weighted by molar-refractivity contribution is -0.128. The Labute approximate surface area is 150 Å². The molecule has 5 nitrogen and oxygen atoms in total. The Balaban J connectivity index is 1.51. The second-order valence-corrected chi connectivity index (χ2v) is 6.54. The van der Waals surface area contributed by atoms with E-state index in [2.05, 4.69) is 10.1 Å². The van der Waals surface area contributed by atoms with Crippen LogP contribution < -0.4 is 0 Å². The number of benzene rings is 2. The minimum Gasteiger partial charge on any atom is -0.339 e. The van der Waals surface area contributed by atoms with Crippen molar-refractivity contribution in [3.8, 4) is 11.4 Å². The largest absolute Gasteiger partial charge is 0.339 e. The topological polar surface area (TPSA) is 59.2 Å². The number of likely N-dealkylation sites (tertiary alicyclic amines) is 1. The molecule has 1 saturated heterocycles. The van der Waals surface area contributed by atoms with Crippen LogP contribution in [0, 0.1) is 12.7 Å². The maximum Gasteiger partial charge on any atom is 0.232 e. The number of aromatic nitrogens is 2. The highest BCUT2D eigenvalue weighted by atomic mass is 19.1. The van der Waals surface area contributed by atoms with Crippen LogP contribution in [0.5, 0.6) is 0 Å². The average Bonchev–Trinajstić information content (AvgIpc) is 3.25. The fourth-order valence-electron chi connectivity index (χ4n) is 3.26. The van der Waals surface area contributed by atoms with Gasteiger partial charge in [0.25, 0.3) is 0 Å². The number of carbonyl (C=O) groups excluding carboxylic acids is 1. The molecular weight excluding hydrogens is 333 g/mol. The van der Waals surface area contributed by atoms with E-state index < -0.39 is 0 Å². The van der Waals surface area contributed by atoms with Crippen LogP contribution in [0.1, 0.15) is 29.4 Å². The van der Waals surface area contributed by atoms with Gasteiger partial charge in [0, 0.05) is 30.6 Å². The Morgan fingerprint density at radius 1 is 1.19 bits per heavy atom. The van der Waals surface area contributed by atoms with Gasteiger partial charge in [-0.2, -0.15) is 4.98 Å². The molecule has 1 fully saturated rings. The SMILES string of the molecule is Cc1ccccc1-c1noc(C2CC(=O)N(Cc3ccccc3F)C2)n1. The van der Waals surface area contributed by atoms with E-state index in [0.29, 0.717) is 30.2 Å². The molecule has 2 aromatic carbocycles. The van der Waals surface area contributed by atoms with Crippen LogP contribution >= 0.6 is 0 Å². The van der Waals surface area contributed by atoms with Crippen molar-refractivity contribution in [2.75, 3.05) is 6.54 Å². The Kier molecular flexibility index (Phi) is 4.24. The summed E-state index contributed by atoms with van der Waals surface area (Å²) in [4.78, 5) is 18.4. The molecular formula is C20H18FN3O2. The number of aryl methyl sites for hydroxylation is 1. The number of amides is 1. The van der Waals surface area contributed by atoms with Crippen molar-refractivity contribution in [1.29, 1.82) is 0 Å². The van der Waals surface area contributed by atoms with E-state index in [4.69, 9.17) is 4.52 Å². The smallest absolute Gasteiger partial charge is 0.232 e. The summed E-state index contributed by atoms with van der Waals surface area (Å²) >= 11 is 0. The van der Waals surface area contributed by atoms with Crippen molar-refractivity contribution < 1.29 is 13.7 Å². The average molecular weight is 351 g/mol. The number of rotatable bonds is 4. The Morgan fingerprint density at radius 3 is 2.77 bits per heavy atom. The standard InChI is InChI=1S/C20H18FN3O2/c1-13-6-2-4-8-16(13)19-22-20(26-23-19)15-10-18(25)24(12-15)11-14-7-3-5-9-17(14)21/h2-9,15H,10-12H2,1H3. The zero-order valence-electron chi connectivity index (χ0n) is 14.4. The van der Waals surface area contributed by atoms with Gasteiger partial charge in [0.15, 0.2) is 0 Å². The van der Waals surface area contributed by atoms with Gasteiger partial charge < -0.3 is 9.42 Å². The first-order chi connectivity index (χ1) is 12.6. The van der Waals surface area contributed by atoms with Gasteiger partial charge in [-0.15, -0.1) is 0 Å². The minimum atomic E-state index is -0.302. The lowest BCUT2D eigenvalue weighted by atomic mass is 10.1. The highest BCUT2D eigenvalue weighted by Crippen LogP contribution is 2.30. The van der Waals surface area contributed by atoms with Crippen molar-refractivity contribution in [3.05, 3.63) is 71.4 Å². The van der Waals surface area contributed by atoms with E-state index in [1.165, 1.54) is 6.07 Å². The van der Waals surface area contributed by atoms with Gasteiger partial charge in [-0.25, -0.2) is 4.39 Å². The van der Waals surface area contributed by atoms with E-state index in [0.717, 1.165) is 11.1 Å². The van der Waals surface area contributed by atoms with Crippen molar-refractivity contribution in [1.82, 2.24) is 15.0 Å². The van der Waals surface area contributed by atoms with E-state index in [1.807, 2.05) is 31.2 Å². The fraction of sp³-hybridized carbons (Fsp3) is 0.250. The molecule has 1 amide bonds. The first kappa shape index (κ1) is 16.4. The molecule has 3 aromatic rings. The second-order valence-electron chi connectivity index (χ2n) is 6.54. The van der Waals surface area contributed by atoms with Crippen LogP contribution in [0.2, 0.25) is 0 Å². The number of carbonyl (C=O) groups is 1. The molecule has 1 aliphatic heterocycles. The summed E-state index contributed by atoms with van der Waals surface area (Å²) in [6.07, 6.45) is 0.295. The molecule has 2 heterocycles. The summed E-state index contributed by atoms with van der Waals surface area (Å²) in [6, 6.07) is 14.3. The maximum atomic E-state index is 13.8. The fourth-order valence-corrected chi connectivity index (χ4v) is 3.26. The molecule has 1 aromatic heterocycles. The van der Waals surface area contributed by atoms with E-state index in [-0.39, 0.29) is 24.2 Å².